The van der Waals surface area contributed by atoms with Crippen LogP contribution in [-0.2, 0) is 30.8 Å². The van der Waals surface area contributed by atoms with Gasteiger partial charge in [-0.15, -0.1) is 11.3 Å². The van der Waals surface area contributed by atoms with E-state index in [2.05, 4.69) is 14.6 Å². The minimum absolute atomic E-state index is 0.0621. The molecule has 0 radical (unpaired) electrons. The molecule has 2 aromatic heterocycles. The van der Waals surface area contributed by atoms with Crippen LogP contribution >= 0.6 is 11.3 Å². The van der Waals surface area contributed by atoms with Gasteiger partial charge in [-0.05, 0) is 75.0 Å². The molecule has 0 spiro atoms. The molecule has 0 aromatic carbocycles. The van der Waals surface area contributed by atoms with Crippen LogP contribution in [0.15, 0.2) is 10.9 Å². The number of hydrogen-bond acceptors (Lipinski definition) is 5. The molecule has 2 aromatic rings. The molecule has 0 N–H and O–H groups in total. The van der Waals surface area contributed by atoms with Crippen LogP contribution in [-0.4, -0.2) is 50.0 Å². The topological polar surface area (TPSA) is 71.3 Å². The van der Waals surface area contributed by atoms with E-state index in [1.54, 1.807) is 21.7 Å². The second-order valence-corrected chi connectivity index (χ2v) is 12.9. The maximum absolute atomic E-state index is 14.1. The number of nitrogens with zero attached hydrogens (tertiary/aromatic N) is 5. The number of hydrogen-bond donors (Lipinski definition) is 0. The molecule has 5 fully saturated rings. The Balaban J connectivity index is 1.16. The molecule has 7 nitrogen and oxygen atoms in total. The van der Waals surface area contributed by atoms with Gasteiger partial charge in [-0.2, -0.15) is 5.10 Å². The highest BCUT2D eigenvalue weighted by Crippen LogP contribution is 2.60. The molecule has 35 heavy (non-hydrogen) atoms. The first-order chi connectivity index (χ1) is 17.0. The van der Waals surface area contributed by atoms with Gasteiger partial charge in [0.2, 0.25) is 5.91 Å². The van der Waals surface area contributed by atoms with Gasteiger partial charge >= 0.3 is 0 Å². The minimum Gasteiger partial charge on any atom is -0.337 e. The second kappa shape index (κ2) is 8.15. The molecular formula is C27H35N5O2S. The van der Waals surface area contributed by atoms with Crippen LogP contribution in [0.2, 0.25) is 0 Å². The summed E-state index contributed by atoms with van der Waals surface area (Å²) in [6.07, 6.45) is 10.6. The Morgan fingerprint density at radius 1 is 1.14 bits per heavy atom. The van der Waals surface area contributed by atoms with Crippen molar-refractivity contribution in [3.05, 3.63) is 33.5 Å². The van der Waals surface area contributed by atoms with Crippen molar-refractivity contribution in [2.45, 2.75) is 77.4 Å². The summed E-state index contributed by atoms with van der Waals surface area (Å²) in [5.41, 5.74) is 5.27. The molecule has 0 atom stereocenters. The molecule has 8 rings (SSSR count). The van der Waals surface area contributed by atoms with E-state index in [0.29, 0.717) is 30.6 Å². The van der Waals surface area contributed by atoms with Crippen molar-refractivity contribution in [1.29, 1.82) is 0 Å². The predicted octanol–water partition coefficient (Wildman–Crippen LogP) is 4.12. The number of carbonyl (C=O) groups excluding carboxylic acids is 2. The van der Waals surface area contributed by atoms with Crippen LogP contribution in [0.4, 0.5) is 0 Å². The third kappa shape index (κ3) is 3.83. The smallest absolute Gasteiger partial charge is 0.274 e. The molecule has 4 bridgehead atoms. The Hall–Kier alpha value is -2.22. The average molecular weight is 494 g/mol. The predicted molar refractivity (Wildman–Crippen MR) is 133 cm³/mol. The van der Waals surface area contributed by atoms with E-state index in [-0.39, 0.29) is 11.3 Å². The summed E-state index contributed by atoms with van der Waals surface area (Å²) in [5, 5.41) is 6.86. The van der Waals surface area contributed by atoms with Crippen molar-refractivity contribution in [1.82, 2.24) is 24.6 Å². The first-order valence-electron chi connectivity index (χ1n) is 13.5. The standard InChI is InChI=1S/C27H35N5O2S/c1-30(13-21-15-35-16-28-21)25(33)24-22-14-31(5-4-23(22)32(29-24)12-17-2-3-17)26(34)27-9-18-6-19(10-27)8-20(7-18)11-27/h15-20H,2-14H2,1H3. The molecule has 3 heterocycles. The van der Waals surface area contributed by atoms with Crippen LogP contribution in [0.25, 0.3) is 0 Å². The van der Waals surface area contributed by atoms with E-state index in [1.165, 1.54) is 37.8 Å². The molecule has 5 aliphatic carbocycles. The normalized spacial score (nSPS) is 31.0. The van der Waals surface area contributed by atoms with Crippen LogP contribution in [0.5, 0.6) is 0 Å². The maximum Gasteiger partial charge on any atom is 0.274 e. The molecule has 6 aliphatic rings. The van der Waals surface area contributed by atoms with Gasteiger partial charge in [-0.25, -0.2) is 4.98 Å². The van der Waals surface area contributed by atoms with Crippen LogP contribution < -0.4 is 0 Å². The zero-order chi connectivity index (χ0) is 23.7. The van der Waals surface area contributed by atoms with E-state index < -0.39 is 0 Å². The maximum atomic E-state index is 14.1. The lowest BCUT2D eigenvalue weighted by atomic mass is 9.49. The first-order valence-corrected chi connectivity index (χ1v) is 14.4. The van der Waals surface area contributed by atoms with Crippen molar-refractivity contribution in [3.63, 3.8) is 0 Å². The van der Waals surface area contributed by atoms with E-state index >= 15 is 0 Å². The highest BCUT2D eigenvalue weighted by atomic mass is 32.1. The lowest BCUT2D eigenvalue weighted by Crippen LogP contribution is -2.55. The van der Waals surface area contributed by atoms with Crippen LogP contribution in [0.1, 0.15) is 78.8 Å². The summed E-state index contributed by atoms with van der Waals surface area (Å²) in [5.74, 6) is 3.25. The molecule has 8 heteroatoms. The Morgan fingerprint density at radius 2 is 1.86 bits per heavy atom. The third-order valence-corrected chi connectivity index (χ3v) is 10.1. The first kappa shape index (κ1) is 22.0. The summed E-state index contributed by atoms with van der Waals surface area (Å²) >= 11 is 1.54. The van der Waals surface area contributed by atoms with Gasteiger partial charge in [0.25, 0.3) is 5.91 Å². The van der Waals surface area contributed by atoms with Gasteiger partial charge in [-0.1, -0.05) is 0 Å². The lowest BCUT2D eigenvalue weighted by molar-refractivity contribution is -0.158. The summed E-state index contributed by atoms with van der Waals surface area (Å²) in [6, 6.07) is 0. The van der Waals surface area contributed by atoms with Crippen molar-refractivity contribution in [2.24, 2.45) is 29.1 Å². The third-order valence-electron chi connectivity index (χ3n) is 9.47. The van der Waals surface area contributed by atoms with Crippen molar-refractivity contribution in [2.75, 3.05) is 13.6 Å². The molecule has 2 amide bonds. The summed E-state index contributed by atoms with van der Waals surface area (Å²) in [6.45, 7) is 2.66. The van der Waals surface area contributed by atoms with Crippen LogP contribution in [0, 0.1) is 29.1 Å². The van der Waals surface area contributed by atoms with E-state index in [0.717, 1.165) is 67.8 Å². The number of fused-ring (bicyclic) bond motifs is 1. The number of rotatable bonds is 6. The number of amides is 2. The van der Waals surface area contributed by atoms with E-state index in [9.17, 15) is 9.59 Å². The Bertz CT molecular complexity index is 1120. The highest BCUT2D eigenvalue weighted by Gasteiger charge is 2.56. The van der Waals surface area contributed by atoms with Gasteiger partial charge in [0.05, 0.1) is 23.2 Å². The molecular weight excluding hydrogens is 458 g/mol. The average Bonchev–Trinajstić information content (AvgIpc) is 3.37. The summed E-state index contributed by atoms with van der Waals surface area (Å²) < 4.78 is 2.10. The number of carbonyl (C=O) groups is 2. The van der Waals surface area contributed by atoms with E-state index in [1.807, 2.05) is 12.4 Å². The van der Waals surface area contributed by atoms with Gasteiger partial charge in [0.15, 0.2) is 5.69 Å². The van der Waals surface area contributed by atoms with Crippen LogP contribution in [0.3, 0.4) is 0 Å². The highest BCUT2D eigenvalue weighted by molar-refractivity contribution is 7.07. The monoisotopic (exact) mass is 493 g/mol. The number of thiazole rings is 1. The fourth-order valence-corrected chi connectivity index (χ4v) is 8.60. The fourth-order valence-electron chi connectivity index (χ4n) is 8.05. The summed E-state index contributed by atoms with van der Waals surface area (Å²) in [7, 11) is 1.83. The minimum atomic E-state index is -0.137. The Morgan fingerprint density at radius 3 is 2.49 bits per heavy atom. The molecule has 186 valence electrons. The second-order valence-electron chi connectivity index (χ2n) is 12.2. The largest absolute Gasteiger partial charge is 0.337 e. The van der Waals surface area contributed by atoms with Crippen molar-refractivity contribution >= 4 is 23.2 Å². The zero-order valence-electron chi connectivity index (χ0n) is 20.6. The quantitative estimate of drug-likeness (QED) is 0.607. The SMILES string of the molecule is CN(Cc1cscn1)C(=O)c1nn(CC2CC2)c2c1CN(C(=O)C13CC4CC(CC(C4)C1)C3)CC2. The fraction of sp³-hybridized carbons (Fsp3) is 0.704. The van der Waals surface area contributed by atoms with Gasteiger partial charge < -0.3 is 9.80 Å². The Labute approximate surface area is 210 Å². The molecule has 5 saturated carbocycles. The van der Waals surface area contributed by atoms with Crippen molar-refractivity contribution in [3.8, 4) is 0 Å². The Kier molecular flexibility index (Phi) is 5.13. The lowest BCUT2D eigenvalue weighted by Gasteiger charge is -2.56. The molecule has 0 saturated heterocycles. The van der Waals surface area contributed by atoms with E-state index in [4.69, 9.17) is 5.10 Å². The summed E-state index contributed by atoms with van der Waals surface area (Å²) in [4.78, 5) is 35.8. The molecule has 0 unspecified atom stereocenters. The van der Waals surface area contributed by atoms with Gasteiger partial charge in [0, 0.05) is 49.7 Å². The van der Waals surface area contributed by atoms with Gasteiger partial charge in [-0.3, -0.25) is 14.3 Å². The van der Waals surface area contributed by atoms with Gasteiger partial charge in [0.1, 0.15) is 0 Å². The zero-order valence-corrected chi connectivity index (χ0v) is 21.4. The van der Waals surface area contributed by atoms with Crippen molar-refractivity contribution < 1.29 is 9.59 Å². The molecule has 1 aliphatic heterocycles. The number of aromatic nitrogens is 3.